The number of pyridine rings is 1. The molecule has 0 fully saturated rings. The summed E-state index contributed by atoms with van der Waals surface area (Å²) >= 11 is 0. The predicted molar refractivity (Wildman–Crippen MR) is 49.7 cm³/mol. The van der Waals surface area contributed by atoms with Crippen molar-refractivity contribution in [2.24, 2.45) is 5.73 Å². The fourth-order valence-corrected chi connectivity index (χ4v) is 1.41. The summed E-state index contributed by atoms with van der Waals surface area (Å²) in [4.78, 5) is 2.93. The molecule has 0 amide bonds. The molecule has 0 aromatic carbocycles. The number of hydrogen-bond acceptors (Lipinski definition) is 4. The third kappa shape index (κ3) is 3.70. The van der Waals surface area contributed by atoms with Gasteiger partial charge in [-0.25, -0.2) is 4.98 Å². The number of hydrogen-bond donors (Lipinski definition) is 2. The van der Waals surface area contributed by atoms with E-state index >= 15 is 0 Å². The van der Waals surface area contributed by atoms with Gasteiger partial charge in [-0.15, -0.1) is 13.2 Å². The molecule has 0 atom stereocenters. The van der Waals surface area contributed by atoms with E-state index in [-0.39, 0.29) is 6.20 Å². The molecule has 1 aromatic heterocycles. The molecule has 0 aliphatic rings. The Morgan fingerprint density at radius 1 is 1.16 bits per heavy atom. The van der Waals surface area contributed by atoms with E-state index in [0.717, 1.165) is 0 Å². The van der Waals surface area contributed by atoms with Crippen molar-refractivity contribution in [1.29, 1.82) is 0 Å². The van der Waals surface area contributed by atoms with Crippen molar-refractivity contribution in [3.05, 3.63) is 22.9 Å². The molecule has 0 radical (unpaired) electrons. The number of nitrogens with zero attached hydrogens (tertiary/aromatic N) is 1. The van der Waals surface area contributed by atoms with E-state index in [1.54, 1.807) is 0 Å². The van der Waals surface area contributed by atoms with Crippen molar-refractivity contribution in [3.63, 3.8) is 0 Å². The minimum Gasteiger partial charge on any atom is -0.391 e. The van der Waals surface area contributed by atoms with Gasteiger partial charge in [-0.2, -0.15) is 13.2 Å². The topological polar surface area (TPSA) is 68.4 Å². The van der Waals surface area contributed by atoms with Crippen LogP contribution in [0, 0.1) is 0 Å². The number of ether oxygens (including phenoxy) is 1. The Kier molecular flexibility index (Phi) is 4.25. The number of aliphatic hydroxyl groups is 1. The SMILES string of the molecule is NCc1c(C(F)(F)F)cnc(OC(F)(F)F)c1CO. The Morgan fingerprint density at radius 2 is 1.74 bits per heavy atom. The summed E-state index contributed by atoms with van der Waals surface area (Å²) < 4.78 is 77.3. The molecular formula is C9H8F6N2O2. The maximum absolute atomic E-state index is 12.6. The second-order valence-electron chi connectivity index (χ2n) is 3.34. The van der Waals surface area contributed by atoms with Crippen molar-refractivity contribution < 1.29 is 36.2 Å². The first-order valence-corrected chi connectivity index (χ1v) is 4.74. The fraction of sp³-hybridized carbons (Fsp3) is 0.444. The zero-order chi connectivity index (χ0) is 14.8. The van der Waals surface area contributed by atoms with Gasteiger partial charge in [-0.1, -0.05) is 0 Å². The molecule has 108 valence electrons. The van der Waals surface area contributed by atoms with Crippen LogP contribution in [0.4, 0.5) is 26.3 Å². The highest BCUT2D eigenvalue weighted by Crippen LogP contribution is 2.36. The Balaban J connectivity index is 3.39. The summed E-state index contributed by atoms with van der Waals surface area (Å²) in [5.41, 5.74) is 2.34. The average Bonchev–Trinajstić information content (AvgIpc) is 2.24. The highest BCUT2D eigenvalue weighted by molar-refractivity contribution is 5.41. The molecule has 0 aliphatic carbocycles. The smallest absolute Gasteiger partial charge is 0.391 e. The van der Waals surface area contributed by atoms with Crippen molar-refractivity contribution in [1.82, 2.24) is 4.98 Å². The van der Waals surface area contributed by atoms with Crippen LogP contribution in [0.25, 0.3) is 0 Å². The van der Waals surface area contributed by atoms with Gasteiger partial charge in [0.2, 0.25) is 5.88 Å². The lowest BCUT2D eigenvalue weighted by Crippen LogP contribution is -2.22. The number of halogens is 6. The molecule has 1 rings (SSSR count). The molecule has 0 saturated heterocycles. The van der Waals surface area contributed by atoms with Crippen molar-refractivity contribution >= 4 is 0 Å². The van der Waals surface area contributed by atoms with E-state index in [2.05, 4.69) is 9.72 Å². The number of aromatic nitrogens is 1. The first-order chi connectivity index (χ1) is 8.60. The van der Waals surface area contributed by atoms with E-state index < -0.39 is 48.3 Å². The quantitative estimate of drug-likeness (QED) is 0.835. The zero-order valence-corrected chi connectivity index (χ0v) is 9.14. The van der Waals surface area contributed by atoms with Crippen molar-refractivity contribution in [3.8, 4) is 5.88 Å². The van der Waals surface area contributed by atoms with Gasteiger partial charge in [0, 0.05) is 18.3 Å². The molecular weight excluding hydrogens is 282 g/mol. The van der Waals surface area contributed by atoms with Crippen LogP contribution in [0.1, 0.15) is 16.7 Å². The van der Waals surface area contributed by atoms with E-state index in [1.807, 2.05) is 0 Å². The van der Waals surface area contributed by atoms with Crippen LogP contribution in [0.3, 0.4) is 0 Å². The monoisotopic (exact) mass is 290 g/mol. The van der Waals surface area contributed by atoms with E-state index in [4.69, 9.17) is 10.8 Å². The zero-order valence-electron chi connectivity index (χ0n) is 9.14. The van der Waals surface area contributed by atoms with Crippen molar-refractivity contribution in [2.75, 3.05) is 0 Å². The average molecular weight is 290 g/mol. The minimum atomic E-state index is -5.14. The number of alkyl halides is 6. The Labute approximate surface area is 102 Å². The van der Waals surface area contributed by atoms with Gasteiger partial charge in [-0.3, -0.25) is 0 Å². The minimum absolute atomic E-state index is 0.183. The molecule has 0 aliphatic heterocycles. The second kappa shape index (κ2) is 5.21. The summed E-state index contributed by atoms with van der Waals surface area (Å²) in [6.07, 6.45) is -9.80. The maximum atomic E-state index is 12.6. The first kappa shape index (κ1) is 15.5. The number of nitrogens with two attached hydrogens (primary N) is 1. The highest BCUT2D eigenvalue weighted by atomic mass is 19.4. The van der Waals surface area contributed by atoms with Crippen LogP contribution >= 0.6 is 0 Å². The van der Waals surface area contributed by atoms with Gasteiger partial charge >= 0.3 is 12.5 Å². The van der Waals surface area contributed by atoms with Crippen LogP contribution < -0.4 is 10.5 Å². The summed E-state index contributed by atoms with van der Waals surface area (Å²) in [6.45, 7) is -1.84. The third-order valence-electron chi connectivity index (χ3n) is 2.14. The van der Waals surface area contributed by atoms with Gasteiger partial charge in [-0.05, 0) is 5.56 Å². The van der Waals surface area contributed by atoms with Gasteiger partial charge < -0.3 is 15.6 Å². The Hall–Kier alpha value is -1.55. The summed E-state index contributed by atoms with van der Waals surface area (Å²) in [5.74, 6) is -1.15. The molecule has 0 bridgehead atoms. The van der Waals surface area contributed by atoms with Crippen molar-refractivity contribution in [2.45, 2.75) is 25.7 Å². The van der Waals surface area contributed by atoms with Crippen LogP contribution in [-0.2, 0) is 19.3 Å². The normalized spacial score (nSPS) is 12.6. The summed E-state index contributed by atoms with van der Waals surface area (Å²) in [7, 11) is 0. The Bertz CT molecular complexity index is 457. The van der Waals surface area contributed by atoms with Crippen LogP contribution in [-0.4, -0.2) is 16.5 Å². The van der Waals surface area contributed by atoms with Gasteiger partial charge in [0.15, 0.2) is 0 Å². The Morgan fingerprint density at radius 3 is 2.11 bits per heavy atom. The fourth-order valence-electron chi connectivity index (χ4n) is 1.41. The molecule has 0 saturated carbocycles. The highest BCUT2D eigenvalue weighted by Gasteiger charge is 2.38. The molecule has 0 spiro atoms. The van der Waals surface area contributed by atoms with E-state index in [9.17, 15) is 26.3 Å². The standard InChI is InChI=1S/C9H8F6N2O2/c10-8(11,12)6-2-17-7(19-9(13,14)15)5(3-18)4(6)1-16/h2,18H,1,3,16H2. The summed E-state index contributed by atoms with van der Waals surface area (Å²) in [6, 6.07) is 0. The number of rotatable bonds is 3. The first-order valence-electron chi connectivity index (χ1n) is 4.74. The molecule has 3 N–H and O–H groups in total. The van der Waals surface area contributed by atoms with Crippen LogP contribution in [0.15, 0.2) is 6.20 Å². The van der Waals surface area contributed by atoms with Crippen LogP contribution in [0.2, 0.25) is 0 Å². The van der Waals surface area contributed by atoms with Gasteiger partial charge in [0.05, 0.1) is 12.2 Å². The third-order valence-corrected chi connectivity index (χ3v) is 2.14. The lowest BCUT2D eigenvalue weighted by atomic mass is 10.0. The molecule has 1 aromatic rings. The van der Waals surface area contributed by atoms with Gasteiger partial charge in [0.25, 0.3) is 0 Å². The molecule has 4 nitrogen and oxygen atoms in total. The summed E-state index contributed by atoms with van der Waals surface area (Å²) in [5, 5.41) is 8.91. The lowest BCUT2D eigenvalue weighted by Gasteiger charge is -2.18. The largest absolute Gasteiger partial charge is 0.574 e. The molecule has 1 heterocycles. The van der Waals surface area contributed by atoms with E-state index in [0.29, 0.717) is 0 Å². The molecule has 10 heteroatoms. The van der Waals surface area contributed by atoms with Gasteiger partial charge in [0.1, 0.15) is 0 Å². The molecule has 19 heavy (non-hydrogen) atoms. The number of aliphatic hydroxyl groups excluding tert-OH is 1. The molecule has 0 unspecified atom stereocenters. The van der Waals surface area contributed by atoms with E-state index in [1.165, 1.54) is 0 Å². The second-order valence-corrected chi connectivity index (χ2v) is 3.34. The maximum Gasteiger partial charge on any atom is 0.574 e. The lowest BCUT2D eigenvalue weighted by molar-refractivity contribution is -0.276. The van der Waals surface area contributed by atoms with Crippen LogP contribution in [0.5, 0.6) is 5.88 Å². The predicted octanol–water partition coefficient (Wildman–Crippen LogP) is 1.95.